The molecule has 0 fully saturated rings. The Labute approximate surface area is 157 Å². The lowest BCUT2D eigenvalue weighted by molar-refractivity contribution is -0.0438. The molecular formula is C16H15F3N4O4S. The number of nitrogens with one attached hydrogen (secondary N) is 2. The molecule has 28 heavy (non-hydrogen) atoms. The first-order valence-corrected chi connectivity index (χ1v) is 9.15. The van der Waals surface area contributed by atoms with Gasteiger partial charge in [0.15, 0.2) is 5.03 Å². The van der Waals surface area contributed by atoms with Crippen molar-refractivity contribution in [2.75, 3.05) is 5.32 Å². The topological polar surface area (TPSA) is 131 Å². The Balaban J connectivity index is 2.25. The van der Waals surface area contributed by atoms with E-state index in [1.807, 2.05) is 0 Å². The highest BCUT2D eigenvalue weighted by molar-refractivity contribution is 7.92. The van der Waals surface area contributed by atoms with Crippen LogP contribution in [0.15, 0.2) is 47.6 Å². The van der Waals surface area contributed by atoms with E-state index in [2.05, 4.69) is 15.6 Å². The zero-order valence-electron chi connectivity index (χ0n) is 14.3. The van der Waals surface area contributed by atoms with Crippen LogP contribution in [0.25, 0.3) is 0 Å². The van der Waals surface area contributed by atoms with Crippen LogP contribution >= 0.6 is 0 Å². The minimum absolute atomic E-state index is 0.403. The first kappa shape index (κ1) is 21.2. The van der Waals surface area contributed by atoms with E-state index in [1.165, 1.54) is 12.1 Å². The molecule has 12 heteroatoms. The Hall–Kier alpha value is -3.15. The minimum atomic E-state index is -5.79. The molecule has 2 aromatic rings. The van der Waals surface area contributed by atoms with Gasteiger partial charge in [-0.2, -0.15) is 13.2 Å². The van der Waals surface area contributed by atoms with Gasteiger partial charge in [-0.3, -0.25) is 4.79 Å². The molecule has 1 heterocycles. The maximum Gasteiger partial charge on any atom is 0.503 e. The molecule has 0 spiro atoms. The number of anilines is 1. The number of pyridine rings is 1. The number of hydrogen-bond donors (Lipinski definition) is 3. The monoisotopic (exact) mass is 416 g/mol. The number of halogens is 3. The molecule has 0 saturated carbocycles. The van der Waals surface area contributed by atoms with Gasteiger partial charge < -0.3 is 16.4 Å². The largest absolute Gasteiger partial charge is 0.503 e. The molecule has 0 aliphatic heterocycles. The maximum absolute atomic E-state index is 12.8. The molecule has 3 amide bonds. The minimum Gasteiger partial charge on any atom is -0.351 e. The maximum atomic E-state index is 12.8. The van der Waals surface area contributed by atoms with E-state index in [9.17, 15) is 31.2 Å². The van der Waals surface area contributed by atoms with Crippen molar-refractivity contribution in [2.45, 2.75) is 23.5 Å². The van der Waals surface area contributed by atoms with E-state index < -0.39 is 43.9 Å². The quantitative estimate of drug-likeness (QED) is 0.689. The van der Waals surface area contributed by atoms with E-state index in [-0.39, 0.29) is 0 Å². The summed E-state index contributed by atoms with van der Waals surface area (Å²) in [6.07, 6.45) is 0.850. The highest BCUT2D eigenvalue weighted by atomic mass is 32.2. The lowest BCUT2D eigenvalue weighted by Gasteiger charge is -2.16. The Morgan fingerprint density at radius 2 is 1.75 bits per heavy atom. The molecule has 0 aliphatic rings. The number of alkyl halides is 3. The van der Waals surface area contributed by atoms with E-state index in [0.717, 1.165) is 18.3 Å². The van der Waals surface area contributed by atoms with Gasteiger partial charge >= 0.3 is 11.5 Å². The number of aromatic nitrogens is 1. The molecule has 4 N–H and O–H groups in total. The molecule has 150 valence electrons. The third kappa shape index (κ3) is 4.57. The number of hydrogen-bond acceptors (Lipinski definition) is 5. The summed E-state index contributed by atoms with van der Waals surface area (Å²) in [5, 5.41) is 3.39. The van der Waals surface area contributed by atoms with Crippen molar-refractivity contribution in [3.63, 3.8) is 0 Å². The average Bonchev–Trinajstić information content (AvgIpc) is 2.60. The van der Waals surface area contributed by atoms with Gasteiger partial charge in [-0.1, -0.05) is 12.1 Å². The fourth-order valence-electron chi connectivity index (χ4n) is 2.24. The second kappa shape index (κ2) is 7.84. The molecule has 0 radical (unpaired) electrons. The van der Waals surface area contributed by atoms with E-state index >= 15 is 0 Å². The number of sulfone groups is 1. The molecule has 8 nitrogen and oxygen atoms in total. The van der Waals surface area contributed by atoms with Crippen molar-refractivity contribution in [3.05, 3.63) is 53.7 Å². The van der Waals surface area contributed by atoms with Gasteiger partial charge in [0.1, 0.15) is 0 Å². The van der Waals surface area contributed by atoms with Crippen molar-refractivity contribution < 1.29 is 31.2 Å². The van der Waals surface area contributed by atoms with Crippen LogP contribution < -0.4 is 16.4 Å². The first-order chi connectivity index (χ1) is 12.9. The Bertz CT molecular complexity index is 992. The highest BCUT2D eigenvalue weighted by Gasteiger charge is 2.49. The molecule has 1 aromatic carbocycles. The third-order valence-electron chi connectivity index (χ3n) is 3.60. The second-order valence-corrected chi connectivity index (χ2v) is 7.47. The fraction of sp³-hybridized carbons (Fsp3) is 0.188. The van der Waals surface area contributed by atoms with Gasteiger partial charge in [0, 0.05) is 11.9 Å². The van der Waals surface area contributed by atoms with Crippen LogP contribution in [-0.2, 0) is 9.84 Å². The van der Waals surface area contributed by atoms with Crippen LogP contribution in [-0.4, -0.2) is 30.8 Å². The van der Waals surface area contributed by atoms with Crippen LogP contribution in [0, 0.1) is 0 Å². The lowest BCUT2D eigenvalue weighted by atomic mass is 10.1. The van der Waals surface area contributed by atoms with Gasteiger partial charge in [0.25, 0.3) is 15.7 Å². The SMILES string of the molecule is CC(NC(=O)c1cccnc1S(=O)(=O)C(F)(F)F)c1ccc(NC(N)=O)cc1. The van der Waals surface area contributed by atoms with Crippen molar-refractivity contribution in [1.82, 2.24) is 10.3 Å². The first-order valence-electron chi connectivity index (χ1n) is 7.67. The summed E-state index contributed by atoms with van der Waals surface area (Å²) in [5.74, 6) is -1.04. The van der Waals surface area contributed by atoms with Gasteiger partial charge in [-0.25, -0.2) is 18.2 Å². The van der Waals surface area contributed by atoms with Crippen molar-refractivity contribution in [3.8, 4) is 0 Å². The Kier molecular flexibility index (Phi) is 5.92. The summed E-state index contributed by atoms with van der Waals surface area (Å²) >= 11 is 0. The van der Waals surface area contributed by atoms with Crippen molar-refractivity contribution in [1.29, 1.82) is 0 Å². The van der Waals surface area contributed by atoms with Crippen LogP contribution in [0.5, 0.6) is 0 Å². The lowest BCUT2D eigenvalue weighted by Crippen LogP contribution is -2.31. The number of primary amides is 1. The summed E-state index contributed by atoms with van der Waals surface area (Å²) in [6.45, 7) is 1.54. The van der Waals surface area contributed by atoms with Gasteiger partial charge in [0.2, 0.25) is 0 Å². The number of carbonyl (C=O) groups is 2. The summed E-state index contributed by atoms with van der Waals surface area (Å²) in [4.78, 5) is 26.4. The van der Waals surface area contributed by atoms with E-state index in [4.69, 9.17) is 5.73 Å². The molecular weight excluding hydrogens is 401 g/mol. The fourth-order valence-corrected chi connectivity index (χ4v) is 3.11. The summed E-state index contributed by atoms with van der Waals surface area (Å²) in [6, 6.07) is 6.76. The Morgan fingerprint density at radius 1 is 1.14 bits per heavy atom. The van der Waals surface area contributed by atoms with E-state index in [0.29, 0.717) is 11.3 Å². The van der Waals surface area contributed by atoms with Gasteiger partial charge in [-0.05, 0) is 36.8 Å². The molecule has 0 aliphatic carbocycles. The predicted molar refractivity (Wildman–Crippen MR) is 93.0 cm³/mol. The molecule has 1 atom stereocenters. The van der Waals surface area contributed by atoms with Crippen molar-refractivity contribution >= 4 is 27.5 Å². The second-order valence-electron chi connectivity index (χ2n) is 5.61. The molecule has 1 unspecified atom stereocenters. The van der Waals surface area contributed by atoms with Crippen LogP contribution in [0.1, 0.15) is 28.9 Å². The van der Waals surface area contributed by atoms with Crippen molar-refractivity contribution in [2.24, 2.45) is 5.73 Å². The van der Waals surface area contributed by atoms with Crippen LogP contribution in [0.4, 0.5) is 23.7 Å². The zero-order valence-corrected chi connectivity index (χ0v) is 15.1. The number of rotatable bonds is 5. The van der Waals surface area contributed by atoms with Crippen LogP contribution in [0.2, 0.25) is 0 Å². The summed E-state index contributed by atoms with van der Waals surface area (Å²) < 4.78 is 61.8. The molecule has 0 bridgehead atoms. The molecule has 2 rings (SSSR count). The normalized spacial score (nSPS) is 12.9. The smallest absolute Gasteiger partial charge is 0.351 e. The number of nitrogens with two attached hydrogens (primary N) is 1. The van der Waals surface area contributed by atoms with Gasteiger partial charge in [-0.15, -0.1) is 0 Å². The zero-order chi connectivity index (χ0) is 21.1. The third-order valence-corrected chi connectivity index (χ3v) is 5.04. The highest BCUT2D eigenvalue weighted by Crippen LogP contribution is 2.31. The number of benzene rings is 1. The Morgan fingerprint density at radius 3 is 2.29 bits per heavy atom. The average molecular weight is 416 g/mol. The number of amides is 3. The number of nitrogens with zero attached hydrogens (tertiary/aromatic N) is 1. The standard InChI is InChI=1S/C16H15F3N4O4S/c1-9(10-4-6-11(7-5-10)23-15(20)25)22-13(24)12-3-2-8-21-14(12)28(26,27)16(17,18)19/h2-9H,1H3,(H,22,24)(H3,20,23,25). The number of carbonyl (C=O) groups excluding carboxylic acids is 2. The molecule has 1 aromatic heterocycles. The summed E-state index contributed by atoms with van der Waals surface area (Å²) in [7, 11) is -5.79. The predicted octanol–water partition coefficient (Wildman–Crippen LogP) is 2.36. The molecule has 0 saturated heterocycles. The van der Waals surface area contributed by atoms with Crippen LogP contribution in [0.3, 0.4) is 0 Å². The van der Waals surface area contributed by atoms with E-state index in [1.54, 1.807) is 19.1 Å². The summed E-state index contributed by atoms with van der Waals surface area (Å²) in [5.41, 5.74) is -0.373. The number of urea groups is 1. The van der Waals surface area contributed by atoms with Gasteiger partial charge in [0.05, 0.1) is 11.6 Å².